The lowest BCUT2D eigenvalue weighted by Crippen LogP contribution is -2.26. The first-order valence-electron chi connectivity index (χ1n) is 9.70. The highest BCUT2D eigenvalue weighted by Gasteiger charge is 2.52. The van der Waals surface area contributed by atoms with Crippen LogP contribution in [0.2, 0.25) is 0 Å². The van der Waals surface area contributed by atoms with E-state index >= 15 is 0 Å². The fourth-order valence-electron chi connectivity index (χ4n) is 5.33. The molecule has 0 bridgehead atoms. The van der Waals surface area contributed by atoms with Crippen LogP contribution in [0.4, 0.5) is 5.69 Å². The number of hydrogen-bond donors (Lipinski definition) is 3. The Morgan fingerprint density at radius 1 is 0.621 bits per heavy atom. The summed E-state index contributed by atoms with van der Waals surface area (Å²) in [5.74, 6) is 0.399. The minimum atomic E-state index is -0.516. The van der Waals surface area contributed by atoms with E-state index < -0.39 is 5.41 Å². The van der Waals surface area contributed by atoms with Crippen molar-refractivity contribution in [2.75, 3.05) is 5.73 Å². The van der Waals surface area contributed by atoms with Crippen LogP contribution in [0.15, 0.2) is 72.8 Å². The van der Waals surface area contributed by atoms with Crippen molar-refractivity contribution in [2.45, 2.75) is 12.3 Å². The monoisotopic (exact) mass is 377 g/mol. The lowest BCUT2D eigenvalue weighted by Gasteiger charge is -2.30. The molecule has 0 saturated carbocycles. The molecule has 3 nitrogen and oxygen atoms in total. The van der Waals surface area contributed by atoms with Gasteiger partial charge in [0.25, 0.3) is 0 Å². The van der Waals surface area contributed by atoms with Gasteiger partial charge in [-0.15, -0.1) is 0 Å². The number of phenolic OH excluding ortho intramolecular Hbond substituents is 2. The van der Waals surface area contributed by atoms with Gasteiger partial charge in [0.2, 0.25) is 0 Å². The number of nitrogens with two attached hydrogens (primary N) is 1. The minimum Gasteiger partial charge on any atom is -0.508 e. The first kappa shape index (κ1) is 16.3. The van der Waals surface area contributed by atoms with Gasteiger partial charge in [-0.05, 0) is 75.2 Å². The van der Waals surface area contributed by atoms with Crippen molar-refractivity contribution in [3.63, 3.8) is 0 Å². The summed E-state index contributed by atoms with van der Waals surface area (Å²) in [4.78, 5) is 0. The zero-order valence-electron chi connectivity index (χ0n) is 15.9. The van der Waals surface area contributed by atoms with Crippen LogP contribution in [0.5, 0.6) is 11.5 Å². The maximum absolute atomic E-state index is 10.5. The molecule has 4 aromatic carbocycles. The fourth-order valence-corrected chi connectivity index (χ4v) is 5.33. The maximum atomic E-state index is 10.5. The van der Waals surface area contributed by atoms with Crippen molar-refractivity contribution in [1.29, 1.82) is 0 Å². The summed E-state index contributed by atoms with van der Waals surface area (Å²) < 4.78 is 0. The van der Waals surface area contributed by atoms with E-state index in [-0.39, 0.29) is 5.75 Å². The zero-order chi connectivity index (χ0) is 19.9. The Morgan fingerprint density at radius 2 is 1.14 bits per heavy atom. The molecule has 0 heterocycles. The van der Waals surface area contributed by atoms with E-state index in [2.05, 4.69) is 42.5 Å². The number of aryl methyl sites for hydroxylation is 1. The second-order valence-electron chi connectivity index (χ2n) is 7.98. The van der Waals surface area contributed by atoms with Crippen molar-refractivity contribution < 1.29 is 10.2 Å². The number of aromatic hydroxyl groups is 2. The van der Waals surface area contributed by atoms with E-state index in [0.29, 0.717) is 11.4 Å². The summed E-state index contributed by atoms with van der Waals surface area (Å²) in [6.45, 7) is 1.93. The van der Waals surface area contributed by atoms with Gasteiger partial charge in [0.15, 0.2) is 0 Å². The summed E-state index contributed by atoms with van der Waals surface area (Å²) in [6.07, 6.45) is 0. The molecule has 2 aliphatic carbocycles. The smallest absolute Gasteiger partial charge is 0.139 e. The Morgan fingerprint density at radius 3 is 1.76 bits per heavy atom. The van der Waals surface area contributed by atoms with E-state index in [1.807, 2.05) is 31.2 Å². The average molecular weight is 377 g/mol. The van der Waals surface area contributed by atoms with E-state index in [9.17, 15) is 10.2 Å². The van der Waals surface area contributed by atoms with Crippen molar-refractivity contribution >= 4 is 5.69 Å². The number of benzene rings is 4. The third-order valence-electron chi connectivity index (χ3n) is 6.55. The van der Waals surface area contributed by atoms with E-state index in [4.69, 9.17) is 5.73 Å². The molecule has 1 unspecified atom stereocenters. The molecule has 29 heavy (non-hydrogen) atoms. The normalized spacial score (nSPS) is 17.7. The van der Waals surface area contributed by atoms with E-state index in [1.165, 1.54) is 11.1 Å². The Bertz CT molecular complexity index is 1250. The Balaban J connectivity index is 1.87. The van der Waals surface area contributed by atoms with Crippen molar-refractivity contribution in [2.24, 2.45) is 0 Å². The third-order valence-corrected chi connectivity index (χ3v) is 6.55. The molecule has 0 aromatic heterocycles. The van der Waals surface area contributed by atoms with Crippen molar-refractivity contribution in [1.82, 2.24) is 0 Å². The quantitative estimate of drug-likeness (QED) is 0.247. The molecule has 0 saturated heterocycles. The average Bonchev–Trinajstić information content (AvgIpc) is 3.16. The second-order valence-corrected chi connectivity index (χ2v) is 7.98. The number of hydrogen-bond acceptors (Lipinski definition) is 3. The van der Waals surface area contributed by atoms with E-state index in [1.54, 1.807) is 6.07 Å². The number of anilines is 1. The second kappa shape index (κ2) is 5.21. The fraction of sp³-hybridized carbons (Fsp3) is 0.0769. The molecule has 1 spiro atoms. The number of fused-ring (bicyclic) bond motifs is 10. The minimum absolute atomic E-state index is 0.101. The van der Waals surface area contributed by atoms with Crippen LogP contribution < -0.4 is 5.73 Å². The van der Waals surface area contributed by atoms with Gasteiger partial charge in [-0.1, -0.05) is 54.6 Å². The Hall–Kier alpha value is -3.72. The standard InChI is InChI=1S/C26H19NO2/c1-14-10-21-17(11-24(14)28)15-6-2-4-8-19(15)26(21)20-9-5-3-7-16(20)18-12-25(29)23(27)13-22(18)26/h2-13,28-29H,27H2,1H3. The maximum Gasteiger partial charge on any atom is 0.139 e. The summed E-state index contributed by atoms with van der Waals surface area (Å²) in [5.41, 5.74) is 15.7. The highest BCUT2D eigenvalue weighted by Crippen LogP contribution is 2.63. The lowest BCUT2D eigenvalue weighted by atomic mass is 9.70. The van der Waals surface area contributed by atoms with Crippen LogP contribution in [0.3, 0.4) is 0 Å². The van der Waals surface area contributed by atoms with Crippen LogP contribution in [0.25, 0.3) is 22.3 Å². The van der Waals surface area contributed by atoms with Gasteiger partial charge in [0.05, 0.1) is 11.1 Å². The van der Waals surface area contributed by atoms with Crippen LogP contribution >= 0.6 is 0 Å². The molecule has 0 fully saturated rings. The number of phenols is 2. The molecule has 4 N–H and O–H groups in total. The van der Waals surface area contributed by atoms with Crippen LogP contribution in [-0.2, 0) is 5.41 Å². The van der Waals surface area contributed by atoms with Gasteiger partial charge in [-0.3, -0.25) is 0 Å². The van der Waals surface area contributed by atoms with Crippen molar-refractivity contribution in [3.8, 4) is 33.8 Å². The van der Waals surface area contributed by atoms with Gasteiger partial charge in [-0.2, -0.15) is 0 Å². The molecule has 0 amide bonds. The van der Waals surface area contributed by atoms with Crippen LogP contribution in [-0.4, -0.2) is 10.2 Å². The van der Waals surface area contributed by atoms with Gasteiger partial charge in [0.1, 0.15) is 11.5 Å². The zero-order valence-corrected chi connectivity index (χ0v) is 15.9. The predicted molar refractivity (Wildman–Crippen MR) is 115 cm³/mol. The third kappa shape index (κ3) is 1.78. The summed E-state index contributed by atoms with van der Waals surface area (Å²) >= 11 is 0. The molecule has 4 aromatic rings. The van der Waals surface area contributed by atoms with Crippen LogP contribution in [0, 0.1) is 6.92 Å². The molecule has 3 heteroatoms. The molecule has 2 aliphatic rings. The molecule has 6 rings (SSSR count). The first-order chi connectivity index (χ1) is 14.0. The Labute approximate surface area is 168 Å². The van der Waals surface area contributed by atoms with E-state index in [0.717, 1.165) is 38.9 Å². The largest absolute Gasteiger partial charge is 0.508 e. The molecular weight excluding hydrogens is 358 g/mol. The lowest BCUT2D eigenvalue weighted by molar-refractivity contribution is 0.471. The highest BCUT2D eigenvalue weighted by molar-refractivity contribution is 5.96. The van der Waals surface area contributed by atoms with Crippen LogP contribution in [0.1, 0.15) is 27.8 Å². The molecule has 0 aliphatic heterocycles. The SMILES string of the molecule is Cc1cc2c(cc1O)-c1ccccc1C21c2ccccc2-c2cc(O)c(N)cc21. The van der Waals surface area contributed by atoms with Gasteiger partial charge in [0, 0.05) is 0 Å². The first-order valence-corrected chi connectivity index (χ1v) is 9.70. The van der Waals surface area contributed by atoms with Crippen molar-refractivity contribution in [3.05, 3.63) is 101 Å². The Kier molecular flexibility index (Phi) is 2.92. The topological polar surface area (TPSA) is 66.5 Å². The molecule has 0 radical (unpaired) electrons. The molecular formula is C26H19NO2. The summed E-state index contributed by atoms with van der Waals surface area (Å²) in [5, 5.41) is 20.8. The van der Waals surface area contributed by atoms with Gasteiger partial charge >= 0.3 is 0 Å². The number of nitrogen functional groups attached to an aromatic ring is 1. The summed E-state index contributed by atoms with van der Waals surface area (Å²) in [6, 6.07) is 24.4. The summed E-state index contributed by atoms with van der Waals surface area (Å²) in [7, 11) is 0. The van der Waals surface area contributed by atoms with Gasteiger partial charge in [-0.25, -0.2) is 0 Å². The number of rotatable bonds is 0. The predicted octanol–water partition coefficient (Wildman–Crippen LogP) is 5.33. The molecule has 140 valence electrons. The molecule has 1 atom stereocenters. The van der Waals surface area contributed by atoms with Gasteiger partial charge < -0.3 is 15.9 Å². The highest BCUT2D eigenvalue weighted by atomic mass is 16.3.